The van der Waals surface area contributed by atoms with Crippen molar-refractivity contribution in [3.8, 4) is 0 Å². The van der Waals surface area contributed by atoms with Gasteiger partial charge in [-0.05, 0) is 38.6 Å². The van der Waals surface area contributed by atoms with Crippen LogP contribution in [0.4, 0.5) is 0 Å². The summed E-state index contributed by atoms with van der Waals surface area (Å²) in [5.41, 5.74) is 0.0267. The van der Waals surface area contributed by atoms with E-state index in [1.165, 1.54) is 32.1 Å². The molecule has 2 aliphatic rings. The second-order valence-electron chi connectivity index (χ2n) is 5.39. The molecule has 1 N–H and O–H groups in total. The number of carbonyl (C=O) groups excluding carboxylic acids is 1. The van der Waals surface area contributed by atoms with Gasteiger partial charge in [-0.25, -0.2) is 0 Å². The predicted octanol–water partition coefficient (Wildman–Crippen LogP) is 2.25. The molecule has 0 saturated heterocycles. The van der Waals surface area contributed by atoms with Gasteiger partial charge in [0, 0.05) is 5.54 Å². The minimum atomic E-state index is -0.0110. The van der Waals surface area contributed by atoms with E-state index < -0.39 is 0 Å². The first kappa shape index (κ1) is 11.9. The van der Waals surface area contributed by atoms with Crippen molar-refractivity contribution in [2.24, 2.45) is 5.92 Å². The van der Waals surface area contributed by atoms with Crippen molar-refractivity contribution in [1.29, 1.82) is 0 Å². The van der Waals surface area contributed by atoms with E-state index in [2.05, 4.69) is 5.32 Å². The maximum atomic E-state index is 11.7. The lowest BCUT2D eigenvalue weighted by Gasteiger charge is -2.36. The highest BCUT2D eigenvalue weighted by Crippen LogP contribution is 2.32. The van der Waals surface area contributed by atoms with E-state index in [9.17, 15) is 4.79 Å². The van der Waals surface area contributed by atoms with E-state index in [0.717, 1.165) is 12.8 Å². The minimum absolute atomic E-state index is 0.0110. The third-order valence-corrected chi connectivity index (χ3v) is 4.00. The van der Waals surface area contributed by atoms with Crippen molar-refractivity contribution in [1.82, 2.24) is 5.32 Å². The van der Waals surface area contributed by atoms with E-state index in [1.807, 2.05) is 7.05 Å². The second kappa shape index (κ2) is 5.17. The number of carbonyl (C=O) groups is 1. The Morgan fingerprint density at radius 2 is 2.00 bits per heavy atom. The first-order valence-corrected chi connectivity index (χ1v) is 6.59. The summed E-state index contributed by atoms with van der Waals surface area (Å²) in [6, 6.07) is 0. The molecule has 0 aromatic heterocycles. The lowest BCUT2D eigenvalue weighted by Crippen LogP contribution is -2.46. The van der Waals surface area contributed by atoms with Crippen LogP contribution in [0.25, 0.3) is 0 Å². The van der Waals surface area contributed by atoms with Gasteiger partial charge in [-0.1, -0.05) is 19.3 Å². The molecule has 0 radical (unpaired) electrons. The summed E-state index contributed by atoms with van der Waals surface area (Å²) in [6.07, 6.45) is 9.03. The van der Waals surface area contributed by atoms with Crippen LogP contribution < -0.4 is 5.32 Å². The number of ether oxygens (including phenoxy) is 1. The van der Waals surface area contributed by atoms with Gasteiger partial charge in [-0.3, -0.25) is 4.79 Å². The van der Waals surface area contributed by atoms with Gasteiger partial charge in [0.15, 0.2) is 0 Å². The van der Waals surface area contributed by atoms with Crippen LogP contribution in [0.3, 0.4) is 0 Å². The third kappa shape index (κ3) is 3.21. The highest BCUT2D eigenvalue weighted by molar-refractivity contribution is 5.71. The Balaban J connectivity index is 1.77. The topological polar surface area (TPSA) is 38.3 Å². The molecule has 3 heteroatoms. The van der Waals surface area contributed by atoms with Crippen molar-refractivity contribution < 1.29 is 9.53 Å². The fourth-order valence-corrected chi connectivity index (χ4v) is 2.57. The highest BCUT2D eigenvalue weighted by atomic mass is 16.5. The van der Waals surface area contributed by atoms with Gasteiger partial charge < -0.3 is 10.1 Å². The molecule has 2 fully saturated rings. The largest absolute Gasteiger partial charge is 0.465 e. The van der Waals surface area contributed by atoms with Crippen LogP contribution in [0, 0.1) is 5.92 Å². The van der Waals surface area contributed by atoms with E-state index >= 15 is 0 Å². The molecular formula is C13H23NO2. The molecule has 92 valence electrons. The molecule has 0 unspecified atom stereocenters. The Morgan fingerprint density at radius 1 is 1.31 bits per heavy atom. The number of rotatable bonds is 5. The van der Waals surface area contributed by atoms with Crippen molar-refractivity contribution >= 4 is 5.97 Å². The maximum Gasteiger partial charge on any atom is 0.307 e. The third-order valence-electron chi connectivity index (χ3n) is 4.00. The summed E-state index contributed by atoms with van der Waals surface area (Å²) >= 11 is 0. The summed E-state index contributed by atoms with van der Waals surface area (Å²) in [5, 5.41) is 3.35. The molecule has 3 nitrogen and oxygen atoms in total. The van der Waals surface area contributed by atoms with Gasteiger partial charge >= 0.3 is 5.97 Å². The zero-order chi connectivity index (χ0) is 11.4. The van der Waals surface area contributed by atoms with Crippen LogP contribution in [-0.2, 0) is 9.53 Å². The molecule has 0 bridgehead atoms. The molecule has 0 aromatic carbocycles. The molecule has 0 aliphatic heterocycles. The maximum absolute atomic E-state index is 11.7. The molecule has 2 rings (SSSR count). The predicted molar refractivity (Wildman–Crippen MR) is 63.2 cm³/mol. The summed E-state index contributed by atoms with van der Waals surface area (Å²) < 4.78 is 5.32. The first-order chi connectivity index (χ1) is 7.74. The molecule has 0 amide bonds. The molecule has 2 saturated carbocycles. The Morgan fingerprint density at radius 3 is 2.56 bits per heavy atom. The average Bonchev–Trinajstić information content (AvgIpc) is 3.11. The minimum Gasteiger partial charge on any atom is -0.465 e. The number of hydrogen-bond donors (Lipinski definition) is 1. The van der Waals surface area contributed by atoms with Gasteiger partial charge in [0.1, 0.15) is 0 Å². The Bertz CT molecular complexity index is 242. The standard InChI is InChI=1S/C13H23NO2/c1-14-13(7-3-2-4-8-13)9-12(15)16-10-11-5-6-11/h11,14H,2-10H2,1H3. The van der Waals surface area contributed by atoms with Crippen molar-refractivity contribution in [2.75, 3.05) is 13.7 Å². The zero-order valence-corrected chi connectivity index (χ0v) is 10.3. The van der Waals surface area contributed by atoms with E-state index in [0.29, 0.717) is 18.9 Å². The molecule has 0 heterocycles. The van der Waals surface area contributed by atoms with Crippen molar-refractivity contribution in [3.05, 3.63) is 0 Å². The molecule has 0 aromatic rings. The second-order valence-corrected chi connectivity index (χ2v) is 5.39. The van der Waals surface area contributed by atoms with E-state index in [4.69, 9.17) is 4.74 Å². The normalized spacial score (nSPS) is 24.1. The van der Waals surface area contributed by atoms with Crippen LogP contribution in [0.15, 0.2) is 0 Å². The lowest BCUT2D eigenvalue weighted by molar-refractivity contribution is -0.146. The van der Waals surface area contributed by atoms with Crippen LogP contribution in [0.1, 0.15) is 51.4 Å². The van der Waals surface area contributed by atoms with E-state index in [-0.39, 0.29) is 11.5 Å². The van der Waals surface area contributed by atoms with Crippen LogP contribution in [0.2, 0.25) is 0 Å². The van der Waals surface area contributed by atoms with Gasteiger partial charge in [0.2, 0.25) is 0 Å². The fraction of sp³-hybridized carbons (Fsp3) is 0.923. The summed E-state index contributed by atoms with van der Waals surface area (Å²) in [7, 11) is 1.97. The number of esters is 1. The molecule has 0 spiro atoms. The highest BCUT2D eigenvalue weighted by Gasteiger charge is 2.33. The SMILES string of the molecule is CNC1(CC(=O)OCC2CC2)CCCCC1. The zero-order valence-electron chi connectivity index (χ0n) is 10.3. The van der Waals surface area contributed by atoms with Gasteiger partial charge in [0.05, 0.1) is 13.0 Å². The Hall–Kier alpha value is -0.570. The quantitative estimate of drug-likeness (QED) is 0.729. The Labute approximate surface area is 97.9 Å². The molecule has 2 aliphatic carbocycles. The Kier molecular flexibility index (Phi) is 3.85. The van der Waals surface area contributed by atoms with Crippen molar-refractivity contribution in [2.45, 2.75) is 56.9 Å². The molecule has 16 heavy (non-hydrogen) atoms. The van der Waals surface area contributed by atoms with Crippen LogP contribution >= 0.6 is 0 Å². The van der Waals surface area contributed by atoms with E-state index in [1.54, 1.807) is 0 Å². The fourth-order valence-electron chi connectivity index (χ4n) is 2.57. The average molecular weight is 225 g/mol. The summed E-state index contributed by atoms with van der Waals surface area (Å²) in [4.78, 5) is 11.7. The number of hydrogen-bond acceptors (Lipinski definition) is 3. The smallest absolute Gasteiger partial charge is 0.307 e. The van der Waals surface area contributed by atoms with Gasteiger partial charge in [-0.2, -0.15) is 0 Å². The summed E-state index contributed by atoms with van der Waals surface area (Å²) in [5.74, 6) is 0.656. The summed E-state index contributed by atoms with van der Waals surface area (Å²) in [6.45, 7) is 0.651. The molecular weight excluding hydrogens is 202 g/mol. The van der Waals surface area contributed by atoms with Crippen LogP contribution in [-0.4, -0.2) is 25.2 Å². The van der Waals surface area contributed by atoms with Crippen molar-refractivity contribution in [3.63, 3.8) is 0 Å². The van der Waals surface area contributed by atoms with Gasteiger partial charge in [0.25, 0.3) is 0 Å². The van der Waals surface area contributed by atoms with Gasteiger partial charge in [-0.15, -0.1) is 0 Å². The first-order valence-electron chi connectivity index (χ1n) is 6.59. The number of nitrogens with one attached hydrogen (secondary N) is 1. The monoisotopic (exact) mass is 225 g/mol. The lowest BCUT2D eigenvalue weighted by atomic mass is 9.79. The molecule has 0 atom stereocenters. The van der Waals surface area contributed by atoms with Crippen LogP contribution in [0.5, 0.6) is 0 Å².